The van der Waals surface area contributed by atoms with Crippen LogP contribution in [0.15, 0.2) is 40.2 Å². The van der Waals surface area contributed by atoms with Crippen molar-refractivity contribution in [2.24, 2.45) is 0 Å². The number of nitrogens with zero attached hydrogens (tertiary/aromatic N) is 2. The fourth-order valence-corrected chi connectivity index (χ4v) is 2.03. The zero-order valence-electron chi connectivity index (χ0n) is 10.5. The first kappa shape index (κ1) is 13.4. The van der Waals surface area contributed by atoms with Gasteiger partial charge < -0.3 is 5.11 Å². The summed E-state index contributed by atoms with van der Waals surface area (Å²) in [4.78, 5) is 23.7. The Morgan fingerprint density at radius 1 is 1.32 bits per heavy atom. The van der Waals surface area contributed by atoms with Crippen molar-refractivity contribution in [3.05, 3.63) is 51.9 Å². The lowest BCUT2D eigenvalue weighted by Crippen LogP contribution is -2.23. The number of hydrogen-bond donors (Lipinski definition) is 1. The third-order valence-corrected chi connectivity index (χ3v) is 3.38. The van der Waals surface area contributed by atoms with Gasteiger partial charge in [0.15, 0.2) is 0 Å². The average Bonchev–Trinajstić information content (AvgIpc) is 2.41. The second-order valence-corrected chi connectivity index (χ2v) is 4.82. The molecule has 2 aromatic rings. The van der Waals surface area contributed by atoms with Gasteiger partial charge in [-0.3, -0.25) is 4.79 Å². The number of thioether (sulfide) groups is 1. The zero-order chi connectivity index (χ0) is 14.0. The second kappa shape index (κ2) is 5.27. The number of aromatic nitrogens is 2. The molecule has 0 spiro atoms. The van der Waals surface area contributed by atoms with Gasteiger partial charge in [-0.1, -0.05) is 0 Å². The summed E-state index contributed by atoms with van der Waals surface area (Å²) in [5.74, 6) is -1.32. The summed E-state index contributed by atoms with van der Waals surface area (Å²) < 4.78 is 1.41. The average molecular weight is 276 g/mol. The topological polar surface area (TPSA) is 72.2 Å². The van der Waals surface area contributed by atoms with E-state index in [-0.39, 0.29) is 0 Å². The summed E-state index contributed by atoms with van der Waals surface area (Å²) in [6, 6.07) is 7.48. The molecular weight excluding hydrogens is 264 g/mol. The monoisotopic (exact) mass is 276 g/mol. The number of aromatic carboxylic acids is 1. The molecule has 0 atom stereocenters. The Morgan fingerprint density at radius 2 is 1.95 bits per heavy atom. The Hall–Kier alpha value is -2.08. The predicted octanol–water partition coefficient (Wildman–Crippen LogP) is 1.96. The van der Waals surface area contributed by atoms with Gasteiger partial charge >= 0.3 is 5.97 Å². The minimum Gasteiger partial charge on any atom is -0.476 e. The standard InChI is InChI=1S/C13H12N2O3S/c1-8-7-15(14-11(12(8)16)13(17)18)9-3-5-10(19-2)6-4-9/h3-7H,1-2H3,(H,17,18). The van der Waals surface area contributed by atoms with Crippen LogP contribution in [-0.2, 0) is 0 Å². The fourth-order valence-electron chi connectivity index (χ4n) is 1.62. The van der Waals surface area contributed by atoms with Crippen LogP contribution in [-0.4, -0.2) is 27.1 Å². The molecule has 6 heteroatoms. The molecule has 1 aromatic heterocycles. The van der Waals surface area contributed by atoms with Crippen molar-refractivity contribution in [1.82, 2.24) is 9.78 Å². The van der Waals surface area contributed by atoms with Gasteiger partial charge in [-0.05, 0) is 37.4 Å². The van der Waals surface area contributed by atoms with Crippen LogP contribution < -0.4 is 5.43 Å². The van der Waals surface area contributed by atoms with E-state index in [0.717, 1.165) is 4.90 Å². The van der Waals surface area contributed by atoms with E-state index in [9.17, 15) is 9.59 Å². The van der Waals surface area contributed by atoms with Crippen molar-refractivity contribution in [2.75, 3.05) is 6.26 Å². The van der Waals surface area contributed by atoms with Crippen molar-refractivity contribution in [3.63, 3.8) is 0 Å². The van der Waals surface area contributed by atoms with Crippen LogP contribution in [0.5, 0.6) is 0 Å². The summed E-state index contributed by atoms with van der Waals surface area (Å²) in [5, 5.41) is 12.8. The molecule has 5 nitrogen and oxygen atoms in total. The van der Waals surface area contributed by atoms with Crippen molar-refractivity contribution in [3.8, 4) is 5.69 Å². The van der Waals surface area contributed by atoms with Crippen LogP contribution in [0.25, 0.3) is 5.69 Å². The number of carbonyl (C=O) groups is 1. The minimum atomic E-state index is -1.32. The van der Waals surface area contributed by atoms with E-state index < -0.39 is 17.1 Å². The number of benzene rings is 1. The third-order valence-electron chi connectivity index (χ3n) is 2.64. The smallest absolute Gasteiger partial charge is 0.360 e. The molecule has 0 radical (unpaired) electrons. The number of aryl methyl sites for hydroxylation is 1. The zero-order valence-corrected chi connectivity index (χ0v) is 11.3. The van der Waals surface area contributed by atoms with E-state index >= 15 is 0 Å². The quantitative estimate of drug-likeness (QED) is 0.868. The van der Waals surface area contributed by atoms with Gasteiger partial charge in [0.25, 0.3) is 0 Å². The Labute approximate surface area is 113 Å². The Balaban J connectivity index is 2.56. The molecule has 1 N–H and O–H groups in total. The molecule has 0 fully saturated rings. The van der Waals surface area contributed by atoms with Crippen LogP contribution in [0.4, 0.5) is 0 Å². The van der Waals surface area contributed by atoms with Crippen LogP contribution in [0.1, 0.15) is 16.1 Å². The van der Waals surface area contributed by atoms with Gasteiger partial charge in [0, 0.05) is 16.7 Å². The van der Waals surface area contributed by atoms with Crippen LogP contribution >= 0.6 is 11.8 Å². The number of carboxylic acids is 1. The SMILES string of the molecule is CSc1ccc(-n2cc(C)c(=O)c(C(=O)O)n2)cc1. The molecule has 0 saturated heterocycles. The summed E-state index contributed by atoms with van der Waals surface area (Å²) >= 11 is 1.61. The lowest BCUT2D eigenvalue weighted by atomic mass is 10.2. The Morgan fingerprint density at radius 3 is 2.47 bits per heavy atom. The molecule has 0 saturated carbocycles. The van der Waals surface area contributed by atoms with Crippen LogP contribution in [0.2, 0.25) is 0 Å². The van der Waals surface area contributed by atoms with Gasteiger partial charge in [0.1, 0.15) is 0 Å². The second-order valence-electron chi connectivity index (χ2n) is 3.94. The molecule has 19 heavy (non-hydrogen) atoms. The van der Waals surface area contributed by atoms with E-state index in [1.807, 2.05) is 30.5 Å². The van der Waals surface area contributed by atoms with Crippen LogP contribution in [0, 0.1) is 6.92 Å². The van der Waals surface area contributed by atoms with E-state index in [2.05, 4.69) is 5.10 Å². The molecule has 0 amide bonds. The highest BCUT2D eigenvalue weighted by atomic mass is 32.2. The molecule has 98 valence electrons. The van der Waals surface area contributed by atoms with E-state index in [1.54, 1.807) is 18.7 Å². The molecule has 0 aliphatic rings. The van der Waals surface area contributed by atoms with E-state index in [0.29, 0.717) is 11.3 Å². The Bertz CT molecular complexity index is 677. The number of hydrogen-bond acceptors (Lipinski definition) is 4. The van der Waals surface area contributed by atoms with Gasteiger partial charge in [0.05, 0.1) is 5.69 Å². The highest BCUT2D eigenvalue weighted by Crippen LogP contribution is 2.16. The highest BCUT2D eigenvalue weighted by Gasteiger charge is 2.14. The largest absolute Gasteiger partial charge is 0.476 e. The summed E-state index contributed by atoms with van der Waals surface area (Å²) in [5.41, 5.74) is 0.0446. The van der Waals surface area contributed by atoms with Crippen molar-refractivity contribution in [2.45, 2.75) is 11.8 Å². The maximum absolute atomic E-state index is 11.6. The molecule has 1 heterocycles. The first-order chi connectivity index (χ1) is 9.02. The molecule has 0 unspecified atom stereocenters. The molecule has 0 bridgehead atoms. The van der Waals surface area contributed by atoms with Gasteiger partial charge in [-0.15, -0.1) is 11.8 Å². The lowest BCUT2D eigenvalue weighted by molar-refractivity contribution is 0.0686. The van der Waals surface area contributed by atoms with E-state index in [1.165, 1.54) is 10.9 Å². The predicted molar refractivity (Wildman–Crippen MR) is 73.3 cm³/mol. The van der Waals surface area contributed by atoms with Crippen molar-refractivity contribution >= 4 is 17.7 Å². The summed E-state index contributed by atoms with van der Waals surface area (Å²) in [7, 11) is 0. The number of rotatable bonds is 3. The summed E-state index contributed by atoms with van der Waals surface area (Å²) in [6.45, 7) is 1.57. The first-order valence-corrected chi connectivity index (χ1v) is 6.73. The fraction of sp³-hybridized carbons (Fsp3) is 0.154. The van der Waals surface area contributed by atoms with E-state index in [4.69, 9.17) is 5.11 Å². The van der Waals surface area contributed by atoms with Crippen molar-refractivity contribution < 1.29 is 9.90 Å². The van der Waals surface area contributed by atoms with Gasteiger partial charge in [-0.2, -0.15) is 5.10 Å². The van der Waals surface area contributed by atoms with Crippen LogP contribution in [0.3, 0.4) is 0 Å². The van der Waals surface area contributed by atoms with Gasteiger partial charge in [-0.25, -0.2) is 9.48 Å². The molecule has 0 aliphatic heterocycles. The molecular formula is C13H12N2O3S. The minimum absolute atomic E-state index is 0.348. The lowest BCUT2D eigenvalue weighted by Gasteiger charge is -2.08. The Kier molecular flexibility index (Phi) is 3.71. The molecule has 2 rings (SSSR count). The normalized spacial score (nSPS) is 10.4. The summed E-state index contributed by atoms with van der Waals surface area (Å²) in [6.07, 6.45) is 3.50. The van der Waals surface area contributed by atoms with Gasteiger partial charge in [0.2, 0.25) is 11.1 Å². The van der Waals surface area contributed by atoms with Crippen molar-refractivity contribution in [1.29, 1.82) is 0 Å². The maximum atomic E-state index is 11.6. The highest BCUT2D eigenvalue weighted by molar-refractivity contribution is 7.98. The maximum Gasteiger partial charge on any atom is 0.360 e. The number of carboxylic acid groups (broad SMARTS) is 1. The first-order valence-electron chi connectivity index (χ1n) is 5.51. The molecule has 1 aromatic carbocycles. The third kappa shape index (κ3) is 2.68. The molecule has 0 aliphatic carbocycles.